The fourth-order valence-electron chi connectivity index (χ4n) is 5.21. The SMILES string of the molecule is COc1ccc([C@H]2c3ccc4ccccc4c3Oc3ncn4nc(CO/N=C(\C)c5ccccc5)nc4c32)cc1. The Kier molecular flexibility index (Phi) is 5.85. The molecule has 0 saturated heterocycles. The van der Waals surface area contributed by atoms with Gasteiger partial charge in [-0.05, 0) is 35.6 Å². The van der Waals surface area contributed by atoms with Crippen LogP contribution in [0.5, 0.6) is 17.4 Å². The highest BCUT2D eigenvalue weighted by Gasteiger charge is 2.34. The van der Waals surface area contributed by atoms with Gasteiger partial charge in [-0.25, -0.2) is 14.5 Å². The quantitative estimate of drug-likeness (QED) is 0.181. The molecule has 1 aliphatic rings. The van der Waals surface area contributed by atoms with Gasteiger partial charge in [-0.1, -0.05) is 84.0 Å². The van der Waals surface area contributed by atoms with Crippen LogP contribution in [-0.2, 0) is 11.4 Å². The summed E-state index contributed by atoms with van der Waals surface area (Å²) >= 11 is 0. The topological polar surface area (TPSA) is 83.1 Å². The summed E-state index contributed by atoms with van der Waals surface area (Å²) in [6, 6.07) is 30.4. The molecule has 4 aromatic carbocycles. The molecule has 196 valence electrons. The van der Waals surface area contributed by atoms with Gasteiger partial charge in [-0.15, -0.1) is 5.10 Å². The van der Waals surface area contributed by atoms with Gasteiger partial charge in [0.2, 0.25) is 5.88 Å². The highest BCUT2D eigenvalue weighted by Crippen LogP contribution is 2.50. The number of benzene rings is 4. The van der Waals surface area contributed by atoms with Crippen molar-refractivity contribution < 1.29 is 14.3 Å². The van der Waals surface area contributed by atoms with Crippen LogP contribution in [0.3, 0.4) is 0 Å². The van der Waals surface area contributed by atoms with E-state index in [0.717, 1.165) is 50.2 Å². The third kappa shape index (κ3) is 4.10. The first kappa shape index (κ1) is 23.8. The zero-order chi connectivity index (χ0) is 27.1. The first-order valence-electron chi connectivity index (χ1n) is 13.0. The molecule has 40 heavy (non-hydrogen) atoms. The van der Waals surface area contributed by atoms with Gasteiger partial charge in [0.25, 0.3) is 0 Å². The summed E-state index contributed by atoms with van der Waals surface area (Å²) < 4.78 is 13.6. The van der Waals surface area contributed by atoms with Crippen molar-refractivity contribution in [1.82, 2.24) is 19.6 Å². The Morgan fingerprint density at radius 3 is 2.58 bits per heavy atom. The fourth-order valence-corrected chi connectivity index (χ4v) is 5.21. The molecule has 0 saturated carbocycles. The molecule has 0 spiro atoms. The third-order valence-electron chi connectivity index (χ3n) is 7.18. The van der Waals surface area contributed by atoms with E-state index in [0.29, 0.717) is 17.4 Å². The molecule has 0 N–H and O–H groups in total. The van der Waals surface area contributed by atoms with Crippen molar-refractivity contribution in [2.24, 2.45) is 5.16 Å². The predicted octanol–water partition coefficient (Wildman–Crippen LogP) is 6.51. The lowest BCUT2D eigenvalue weighted by Crippen LogP contribution is -2.15. The van der Waals surface area contributed by atoms with Crippen molar-refractivity contribution in [3.63, 3.8) is 0 Å². The lowest BCUT2D eigenvalue weighted by molar-refractivity contribution is 0.125. The number of oxime groups is 1. The van der Waals surface area contributed by atoms with E-state index in [2.05, 4.69) is 51.6 Å². The summed E-state index contributed by atoms with van der Waals surface area (Å²) in [4.78, 5) is 15.2. The number of hydrogen-bond acceptors (Lipinski definition) is 7. The van der Waals surface area contributed by atoms with Gasteiger partial charge in [-0.3, -0.25) is 0 Å². The molecule has 0 aliphatic carbocycles. The monoisotopic (exact) mass is 527 g/mol. The number of hydrogen-bond donors (Lipinski definition) is 0. The van der Waals surface area contributed by atoms with E-state index < -0.39 is 0 Å². The van der Waals surface area contributed by atoms with E-state index in [1.165, 1.54) is 0 Å². The van der Waals surface area contributed by atoms with Crippen LogP contribution in [0.15, 0.2) is 102 Å². The van der Waals surface area contributed by atoms with E-state index >= 15 is 0 Å². The smallest absolute Gasteiger partial charge is 0.228 e. The Bertz CT molecular complexity index is 1880. The van der Waals surface area contributed by atoms with Gasteiger partial charge in [-0.2, -0.15) is 0 Å². The molecular formula is C32H25N5O3. The predicted molar refractivity (Wildman–Crippen MR) is 152 cm³/mol. The van der Waals surface area contributed by atoms with E-state index in [1.807, 2.05) is 61.5 Å². The van der Waals surface area contributed by atoms with Gasteiger partial charge >= 0.3 is 0 Å². The molecule has 6 aromatic rings. The third-order valence-corrected chi connectivity index (χ3v) is 7.18. The van der Waals surface area contributed by atoms with E-state index in [9.17, 15) is 0 Å². The van der Waals surface area contributed by atoms with Crippen LogP contribution < -0.4 is 9.47 Å². The number of ether oxygens (including phenoxy) is 2. The van der Waals surface area contributed by atoms with Crippen LogP contribution in [0, 0.1) is 0 Å². The van der Waals surface area contributed by atoms with Crippen molar-refractivity contribution in [3.8, 4) is 17.4 Å². The molecule has 8 nitrogen and oxygen atoms in total. The minimum absolute atomic E-state index is 0.121. The molecule has 2 aromatic heterocycles. The molecule has 1 atom stereocenters. The van der Waals surface area contributed by atoms with Gasteiger partial charge in [0.05, 0.1) is 18.4 Å². The Balaban J connectivity index is 1.31. The van der Waals surface area contributed by atoms with Crippen molar-refractivity contribution in [1.29, 1.82) is 0 Å². The van der Waals surface area contributed by atoms with Gasteiger partial charge in [0.1, 0.15) is 17.8 Å². The zero-order valence-electron chi connectivity index (χ0n) is 22.0. The second-order valence-corrected chi connectivity index (χ2v) is 9.59. The molecule has 3 heterocycles. The second-order valence-electron chi connectivity index (χ2n) is 9.59. The van der Waals surface area contributed by atoms with Crippen LogP contribution in [-0.4, -0.2) is 32.4 Å². The van der Waals surface area contributed by atoms with E-state index in [4.69, 9.17) is 19.3 Å². The first-order valence-corrected chi connectivity index (χ1v) is 13.0. The lowest BCUT2D eigenvalue weighted by Gasteiger charge is -2.28. The first-order chi connectivity index (χ1) is 19.7. The second kappa shape index (κ2) is 9.81. The van der Waals surface area contributed by atoms with Crippen LogP contribution in [0.2, 0.25) is 0 Å². The van der Waals surface area contributed by atoms with Gasteiger partial charge in [0, 0.05) is 16.9 Å². The average molecular weight is 528 g/mol. The minimum Gasteiger partial charge on any atom is -0.497 e. The Hall–Kier alpha value is -5.24. The van der Waals surface area contributed by atoms with Crippen molar-refractivity contribution >= 4 is 22.1 Å². The summed E-state index contributed by atoms with van der Waals surface area (Å²) in [5.74, 6) is 2.42. The Morgan fingerprint density at radius 1 is 0.950 bits per heavy atom. The average Bonchev–Trinajstić information content (AvgIpc) is 3.43. The van der Waals surface area contributed by atoms with Crippen LogP contribution in [0.4, 0.5) is 0 Å². The molecule has 0 radical (unpaired) electrons. The molecule has 7 rings (SSSR count). The summed E-state index contributed by atoms with van der Waals surface area (Å²) in [6.45, 7) is 2.03. The summed E-state index contributed by atoms with van der Waals surface area (Å²) in [5, 5.41) is 11.0. The number of fused-ring (bicyclic) bond motifs is 6. The molecule has 1 aliphatic heterocycles. The number of methoxy groups -OCH3 is 1. The number of aromatic nitrogens is 4. The molecule has 0 unspecified atom stereocenters. The maximum absolute atomic E-state index is 6.50. The Morgan fingerprint density at radius 2 is 1.75 bits per heavy atom. The molecular weight excluding hydrogens is 502 g/mol. The number of rotatable bonds is 6. The fraction of sp³-hybridized carbons (Fsp3) is 0.125. The van der Waals surface area contributed by atoms with E-state index in [1.54, 1.807) is 18.0 Å². The van der Waals surface area contributed by atoms with E-state index in [-0.39, 0.29) is 12.5 Å². The standard InChI is InChI=1S/C32H25N5O3/c1-20(21-8-4-3-5-9-21)36-39-18-27-34-31-29-28(23-12-15-24(38-2)16-13-23)26-17-14-22-10-6-7-11-25(22)30(26)40-32(29)33-19-37(31)35-27/h3-17,19,28H,18H2,1-2H3/b36-20+/t28-/m0/s1. The summed E-state index contributed by atoms with van der Waals surface area (Å²) in [6.07, 6.45) is 1.63. The summed E-state index contributed by atoms with van der Waals surface area (Å²) in [7, 11) is 1.67. The minimum atomic E-state index is -0.179. The number of nitrogens with zero attached hydrogens (tertiary/aromatic N) is 5. The Labute approximate surface area is 230 Å². The lowest BCUT2D eigenvalue weighted by atomic mass is 9.83. The highest BCUT2D eigenvalue weighted by molar-refractivity contribution is 5.98. The zero-order valence-corrected chi connectivity index (χ0v) is 22.0. The van der Waals surface area contributed by atoms with Crippen molar-refractivity contribution in [3.05, 3.63) is 125 Å². The van der Waals surface area contributed by atoms with Crippen LogP contribution >= 0.6 is 0 Å². The van der Waals surface area contributed by atoms with Crippen molar-refractivity contribution in [2.75, 3.05) is 7.11 Å². The maximum atomic E-state index is 6.50. The normalized spacial score (nSPS) is 14.4. The van der Waals surface area contributed by atoms with Crippen LogP contribution in [0.1, 0.15) is 40.9 Å². The molecule has 0 fully saturated rings. The summed E-state index contributed by atoms with van der Waals surface area (Å²) in [5.41, 5.74) is 5.38. The maximum Gasteiger partial charge on any atom is 0.228 e. The van der Waals surface area contributed by atoms with Crippen LogP contribution in [0.25, 0.3) is 16.4 Å². The molecule has 8 heteroatoms. The molecule has 0 amide bonds. The van der Waals surface area contributed by atoms with Crippen molar-refractivity contribution in [2.45, 2.75) is 19.4 Å². The largest absolute Gasteiger partial charge is 0.497 e. The highest BCUT2D eigenvalue weighted by atomic mass is 16.6. The van der Waals surface area contributed by atoms with Gasteiger partial charge < -0.3 is 14.3 Å². The van der Waals surface area contributed by atoms with Gasteiger partial charge in [0.15, 0.2) is 18.1 Å². The molecule has 0 bridgehead atoms.